The summed E-state index contributed by atoms with van der Waals surface area (Å²) in [6.45, 7) is 0.801. The summed E-state index contributed by atoms with van der Waals surface area (Å²) >= 11 is 0. The number of hydrogen-bond donors (Lipinski definition) is 3. The van der Waals surface area contributed by atoms with Gasteiger partial charge in [0.05, 0.1) is 6.04 Å². The molecule has 1 atom stereocenters. The summed E-state index contributed by atoms with van der Waals surface area (Å²) in [5.74, 6) is 0. The van der Waals surface area contributed by atoms with Gasteiger partial charge in [-0.15, -0.1) is 0 Å². The minimum atomic E-state index is -0.0157. The molecule has 1 aromatic rings. The highest BCUT2D eigenvalue weighted by molar-refractivity contribution is 5.75. The molecule has 1 heterocycles. The van der Waals surface area contributed by atoms with Gasteiger partial charge < -0.3 is 16.0 Å². The molecule has 2 aliphatic rings. The van der Waals surface area contributed by atoms with Crippen molar-refractivity contribution in [2.75, 3.05) is 11.9 Å². The molecule has 1 fully saturated rings. The third kappa shape index (κ3) is 3.00. The predicted octanol–water partition coefficient (Wildman–Crippen LogP) is 2.26. The van der Waals surface area contributed by atoms with Gasteiger partial charge in [0.2, 0.25) is 0 Å². The van der Waals surface area contributed by atoms with Crippen LogP contribution in [0.5, 0.6) is 0 Å². The molecular formula is C15H21N3O. The van der Waals surface area contributed by atoms with Crippen molar-refractivity contribution in [1.29, 1.82) is 0 Å². The van der Waals surface area contributed by atoms with Crippen molar-refractivity contribution in [1.82, 2.24) is 10.6 Å². The van der Waals surface area contributed by atoms with E-state index in [9.17, 15) is 4.79 Å². The second kappa shape index (κ2) is 5.51. The van der Waals surface area contributed by atoms with Crippen LogP contribution >= 0.6 is 0 Å². The first-order chi connectivity index (χ1) is 9.31. The van der Waals surface area contributed by atoms with Crippen molar-refractivity contribution in [3.05, 3.63) is 29.8 Å². The molecule has 4 heteroatoms. The molecule has 1 aliphatic carbocycles. The standard InChI is InChI=1S/C15H21N3O/c19-15(17-12-6-2-3-7-12)18-13-9-11-5-1-4-8-14(11)16-10-13/h1,4-5,8,12-13,16H,2-3,6-7,9-10H2,(H2,17,18,19). The Bertz CT molecular complexity index is 454. The first kappa shape index (κ1) is 12.3. The average Bonchev–Trinajstić information content (AvgIpc) is 2.91. The summed E-state index contributed by atoms with van der Waals surface area (Å²) < 4.78 is 0. The molecule has 102 valence electrons. The molecular weight excluding hydrogens is 238 g/mol. The van der Waals surface area contributed by atoms with E-state index < -0.39 is 0 Å². The van der Waals surface area contributed by atoms with Gasteiger partial charge in [0, 0.05) is 18.3 Å². The van der Waals surface area contributed by atoms with E-state index in [4.69, 9.17) is 0 Å². The van der Waals surface area contributed by atoms with Crippen LogP contribution in [0.15, 0.2) is 24.3 Å². The van der Waals surface area contributed by atoms with Gasteiger partial charge in [-0.1, -0.05) is 31.0 Å². The Morgan fingerprint density at radius 3 is 2.68 bits per heavy atom. The Kier molecular flexibility index (Phi) is 3.58. The van der Waals surface area contributed by atoms with E-state index in [0.29, 0.717) is 6.04 Å². The second-order valence-corrected chi connectivity index (χ2v) is 5.54. The maximum absolute atomic E-state index is 11.9. The van der Waals surface area contributed by atoms with E-state index >= 15 is 0 Å². The van der Waals surface area contributed by atoms with E-state index in [1.807, 2.05) is 12.1 Å². The summed E-state index contributed by atoms with van der Waals surface area (Å²) in [5, 5.41) is 9.52. The van der Waals surface area contributed by atoms with Crippen molar-refractivity contribution >= 4 is 11.7 Å². The predicted molar refractivity (Wildman–Crippen MR) is 76.3 cm³/mol. The summed E-state index contributed by atoms with van der Waals surface area (Å²) in [7, 11) is 0. The van der Waals surface area contributed by atoms with Crippen LogP contribution in [-0.2, 0) is 6.42 Å². The number of benzene rings is 1. The number of urea groups is 1. The van der Waals surface area contributed by atoms with Crippen LogP contribution in [0.1, 0.15) is 31.2 Å². The molecule has 3 rings (SSSR count). The minimum Gasteiger partial charge on any atom is -0.383 e. The number of anilines is 1. The lowest BCUT2D eigenvalue weighted by Gasteiger charge is -2.27. The van der Waals surface area contributed by atoms with Crippen molar-refractivity contribution in [3.8, 4) is 0 Å². The van der Waals surface area contributed by atoms with Gasteiger partial charge in [-0.25, -0.2) is 4.79 Å². The normalized spacial score (nSPS) is 22.4. The molecule has 4 nitrogen and oxygen atoms in total. The Labute approximate surface area is 114 Å². The second-order valence-electron chi connectivity index (χ2n) is 5.54. The van der Waals surface area contributed by atoms with Crippen molar-refractivity contribution in [2.24, 2.45) is 0 Å². The van der Waals surface area contributed by atoms with Crippen molar-refractivity contribution in [3.63, 3.8) is 0 Å². The summed E-state index contributed by atoms with van der Waals surface area (Å²) in [4.78, 5) is 11.9. The third-order valence-corrected chi connectivity index (χ3v) is 4.05. The zero-order valence-electron chi connectivity index (χ0n) is 11.1. The van der Waals surface area contributed by atoms with Gasteiger partial charge in [0.15, 0.2) is 0 Å². The molecule has 0 radical (unpaired) electrons. The van der Waals surface area contributed by atoms with Gasteiger partial charge in [-0.2, -0.15) is 0 Å². The molecule has 1 aromatic carbocycles. The fourth-order valence-corrected chi connectivity index (χ4v) is 3.03. The van der Waals surface area contributed by atoms with Crippen LogP contribution in [0, 0.1) is 0 Å². The van der Waals surface area contributed by atoms with Crippen LogP contribution in [0.25, 0.3) is 0 Å². The van der Waals surface area contributed by atoms with Crippen LogP contribution in [0.4, 0.5) is 10.5 Å². The molecule has 0 saturated heterocycles. The Balaban J connectivity index is 1.52. The number of carbonyl (C=O) groups is 1. The van der Waals surface area contributed by atoms with E-state index in [0.717, 1.165) is 25.8 Å². The zero-order valence-corrected chi connectivity index (χ0v) is 11.1. The van der Waals surface area contributed by atoms with Gasteiger partial charge >= 0.3 is 6.03 Å². The zero-order chi connectivity index (χ0) is 13.1. The van der Waals surface area contributed by atoms with E-state index in [1.54, 1.807) is 0 Å². The van der Waals surface area contributed by atoms with Crippen LogP contribution in [0.3, 0.4) is 0 Å². The highest BCUT2D eigenvalue weighted by atomic mass is 16.2. The van der Waals surface area contributed by atoms with Gasteiger partial charge in [-0.05, 0) is 30.9 Å². The minimum absolute atomic E-state index is 0.0157. The van der Waals surface area contributed by atoms with Crippen LogP contribution in [0.2, 0.25) is 0 Å². The average molecular weight is 259 g/mol. The quantitative estimate of drug-likeness (QED) is 0.763. The van der Waals surface area contributed by atoms with Crippen molar-refractivity contribution < 1.29 is 4.79 Å². The summed E-state index contributed by atoms with van der Waals surface area (Å²) in [5.41, 5.74) is 2.47. The lowest BCUT2D eigenvalue weighted by molar-refractivity contribution is 0.233. The molecule has 0 spiro atoms. The Morgan fingerprint density at radius 2 is 1.84 bits per heavy atom. The monoisotopic (exact) mass is 259 g/mol. The fourth-order valence-electron chi connectivity index (χ4n) is 3.03. The smallest absolute Gasteiger partial charge is 0.315 e. The first-order valence-corrected chi connectivity index (χ1v) is 7.20. The van der Waals surface area contributed by atoms with Crippen molar-refractivity contribution in [2.45, 2.75) is 44.2 Å². The summed E-state index contributed by atoms with van der Waals surface area (Å²) in [6.07, 6.45) is 5.63. The molecule has 1 unspecified atom stereocenters. The van der Waals surface area contributed by atoms with Crippen LogP contribution in [-0.4, -0.2) is 24.7 Å². The number of amides is 2. The molecule has 1 aliphatic heterocycles. The number of hydrogen-bond acceptors (Lipinski definition) is 2. The van der Waals surface area contributed by atoms with Gasteiger partial charge in [-0.3, -0.25) is 0 Å². The largest absolute Gasteiger partial charge is 0.383 e. The number of para-hydroxylation sites is 1. The lowest BCUT2D eigenvalue weighted by atomic mass is 10.00. The lowest BCUT2D eigenvalue weighted by Crippen LogP contribution is -2.49. The number of fused-ring (bicyclic) bond motifs is 1. The fraction of sp³-hybridized carbons (Fsp3) is 0.533. The van der Waals surface area contributed by atoms with E-state index in [2.05, 4.69) is 28.1 Å². The van der Waals surface area contributed by atoms with Crippen LogP contribution < -0.4 is 16.0 Å². The van der Waals surface area contributed by atoms with Gasteiger partial charge in [0.1, 0.15) is 0 Å². The number of rotatable bonds is 2. The Morgan fingerprint density at radius 1 is 1.11 bits per heavy atom. The number of nitrogens with one attached hydrogen (secondary N) is 3. The maximum atomic E-state index is 11.9. The molecule has 2 amide bonds. The number of carbonyl (C=O) groups excluding carboxylic acids is 1. The summed E-state index contributed by atoms with van der Waals surface area (Å²) in [6, 6.07) is 8.82. The highest BCUT2D eigenvalue weighted by Gasteiger charge is 2.21. The first-order valence-electron chi connectivity index (χ1n) is 7.20. The third-order valence-electron chi connectivity index (χ3n) is 4.05. The molecule has 19 heavy (non-hydrogen) atoms. The van der Waals surface area contributed by atoms with E-state index in [-0.39, 0.29) is 12.1 Å². The SMILES string of the molecule is O=C(NC1CCCC1)NC1CNc2ccccc2C1. The van der Waals surface area contributed by atoms with E-state index in [1.165, 1.54) is 24.1 Å². The van der Waals surface area contributed by atoms with Gasteiger partial charge in [0.25, 0.3) is 0 Å². The highest BCUT2D eigenvalue weighted by Crippen LogP contribution is 2.21. The maximum Gasteiger partial charge on any atom is 0.315 e. The molecule has 0 aromatic heterocycles. The topological polar surface area (TPSA) is 53.2 Å². The molecule has 0 bridgehead atoms. The molecule has 1 saturated carbocycles. The molecule has 3 N–H and O–H groups in total. The Hall–Kier alpha value is -1.71.